The standard InChI is InChI=1S/C12H13FN2/c1-15-7-3-2-4-11-6-5-10(9-14)8-12(11)13/h2,4-6,8,15H,3,7H2,1H3. The van der Waals surface area contributed by atoms with Crippen molar-refractivity contribution in [3.63, 3.8) is 0 Å². The first kappa shape index (κ1) is 11.4. The van der Waals surface area contributed by atoms with E-state index in [2.05, 4.69) is 5.32 Å². The molecule has 1 aromatic rings. The number of nitrogens with zero attached hydrogens (tertiary/aromatic N) is 1. The molecule has 1 N–H and O–H groups in total. The molecule has 0 saturated heterocycles. The minimum atomic E-state index is -0.352. The smallest absolute Gasteiger partial charge is 0.131 e. The molecule has 0 saturated carbocycles. The molecule has 0 unspecified atom stereocenters. The van der Waals surface area contributed by atoms with E-state index >= 15 is 0 Å². The summed E-state index contributed by atoms with van der Waals surface area (Å²) in [5.41, 5.74) is 0.866. The molecule has 2 nitrogen and oxygen atoms in total. The van der Waals surface area contributed by atoms with Gasteiger partial charge in [0.2, 0.25) is 0 Å². The van der Waals surface area contributed by atoms with Gasteiger partial charge in [-0.2, -0.15) is 5.26 Å². The zero-order valence-corrected chi connectivity index (χ0v) is 8.63. The van der Waals surface area contributed by atoms with Gasteiger partial charge < -0.3 is 5.32 Å². The lowest BCUT2D eigenvalue weighted by Gasteiger charge is -1.97. The zero-order valence-electron chi connectivity index (χ0n) is 8.63. The Bertz CT molecular complexity index is 391. The maximum atomic E-state index is 13.3. The van der Waals surface area contributed by atoms with Crippen LogP contribution >= 0.6 is 0 Å². The molecule has 0 aliphatic rings. The summed E-state index contributed by atoms with van der Waals surface area (Å²) in [6.07, 6.45) is 4.49. The first-order chi connectivity index (χ1) is 7.27. The van der Waals surface area contributed by atoms with Crippen LogP contribution in [-0.4, -0.2) is 13.6 Å². The van der Waals surface area contributed by atoms with Gasteiger partial charge in [-0.3, -0.25) is 0 Å². The molecule has 0 spiro atoms. The Morgan fingerprint density at radius 1 is 1.53 bits per heavy atom. The van der Waals surface area contributed by atoms with Crippen LogP contribution in [0.25, 0.3) is 6.08 Å². The molecule has 0 aromatic heterocycles. The van der Waals surface area contributed by atoms with Crippen LogP contribution in [-0.2, 0) is 0 Å². The molecule has 0 heterocycles. The quantitative estimate of drug-likeness (QED) is 0.764. The van der Waals surface area contributed by atoms with Crippen molar-refractivity contribution in [1.29, 1.82) is 5.26 Å². The van der Waals surface area contributed by atoms with Crippen molar-refractivity contribution in [3.05, 3.63) is 41.2 Å². The normalized spacial score (nSPS) is 10.5. The predicted octanol–water partition coefficient (Wildman–Crippen LogP) is 2.32. The minimum absolute atomic E-state index is 0.347. The summed E-state index contributed by atoms with van der Waals surface area (Å²) in [5, 5.41) is 11.6. The first-order valence-corrected chi connectivity index (χ1v) is 4.78. The Balaban J connectivity index is 2.70. The molecule has 1 rings (SSSR count). The Morgan fingerprint density at radius 2 is 2.33 bits per heavy atom. The fourth-order valence-corrected chi connectivity index (χ4v) is 1.17. The second-order valence-corrected chi connectivity index (χ2v) is 3.14. The summed E-state index contributed by atoms with van der Waals surface area (Å²) >= 11 is 0. The van der Waals surface area contributed by atoms with Crippen LogP contribution < -0.4 is 5.32 Å². The summed E-state index contributed by atoms with van der Waals surface area (Å²) < 4.78 is 13.3. The highest BCUT2D eigenvalue weighted by Crippen LogP contribution is 2.11. The van der Waals surface area contributed by atoms with E-state index in [1.165, 1.54) is 6.07 Å². The second kappa shape index (κ2) is 5.94. The van der Waals surface area contributed by atoms with Gasteiger partial charge in [0.05, 0.1) is 11.6 Å². The summed E-state index contributed by atoms with van der Waals surface area (Å²) in [7, 11) is 1.87. The topological polar surface area (TPSA) is 35.8 Å². The zero-order chi connectivity index (χ0) is 11.1. The fourth-order valence-electron chi connectivity index (χ4n) is 1.17. The third-order valence-corrected chi connectivity index (χ3v) is 1.99. The molecule has 0 atom stereocenters. The highest BCUT2D eigenvalue weighted by atomic mass is 19.1. The van der Waals surface area contributed by atoms with E-state index in [4.69, 9.17) is 5.26 Å². The number of rotatable bonds is 4. The van der Waals surface area contributed by atoms with Gasteiger partial charge >= 0.3 is 0 Å². The van der Waals surface area contributed by atoms with E-state index < -0.39 is 0 Å². The highest BCUT2D eigenvalue weighted by Gasteiger charge is 1.99. The van der Waals surface area contributed by atoms with Crippen LogP contribution in [0.1, 0.15) is 17.5 Å². The minimum Gasteiger partial charge on any atom is -0.319 e. The number of nitrogens with one attached hydrogen (secondary N) is 1. The van der Waals surface area contributed by atoms with Crippen LogP contribution in [0.5, 0.6) is 0 Å². The van der Waals surface area contributed by atoms with Gasteiger partial charge in [-0.1, -0.05) is 18.2 Å². The van der Waals surface area contributed by atoms with Crippen molar-refractivity contribution in [1.82, 2.24) is 5.32 Å². The van der Waals surface area contributed by atoms with Gasteiger partial charge in [0, 0.05) is 5.56 Å². The molecule has 78 valence electrons. The second-order valence-electron chi connectivity index (χ2n) is 3.14. The number of benzene rings is 1. The van der Waals surface area contributed by atoms with Gasteiger partial charge in [-0.05, 0) is 32.1 Å². The van der Waals surface area contributed by atoms with Crippen LogP contribution in [0.2, 0.25) is 0 Å². The largest absolute Gasteiger partial charge is 0.319 e. The van der Waals surface area contributed by atoms with Gasteiger partial charge in [0.25, 0.3) is 0 Å². The number of hydrogen-bond acceptors (Lipinski definition) is 2. The van der Waals surface area contributed by atoms with Crippen LogP contribution in [0.15, 0.2) is 24.3 Å². The molecule has 0 fully saturated rings. The average molecular weight is 204 g/mol. The third kappa shape index (κ3) is 3.53. The van der Waals surface area contributed by atoms with Gasteiger partial charge in [0.15, 0.2) is 0 Å². The number of halogens is 1. The Morgan fingerprint density at radius 3 is 2.93 bits per heavy atom. The lowest BCUT2D eigenvalue weighted by Crippen LogP contribution is -2.05. The van der Waals surface area contributed by atoms with Crippen molar-refractivity contribution in [2.45, 2.75) is 6.42 Å². The third-order valence-electron chi connectivity index (χ3n) is 1.99. The first-order valence-electron chi connectivity index (χ1n) is 4.78. The summed E-state index contributed by atoms with van der Waals surface area (Å²) in [4.78, 5) is 0. The highest BCUT2D eigenvalue weighted by molar-refractivity contribution is 5.51. The molecule has 3 heteroatoms. The summed E-state index contributed by atoms with van der Waals surface area (Å²) in [6, 6.07) is 6.37. The van der Waals surface area contributed by atoms with E-state index in [0.717, 1.165) is 13.0 Å². The van der Waals surface area contributed by atoms with E-state index in [0.29, 0.717) is 11.1 Å². The average Bonchev–Trinajstić information content (AvgIpc) is 2.26. The summed E-state index contributed by atoms with van der Waals surface area (Å²) in [6.45, 7) is 0.869. The van der Waals surface area contributed by atoms with Crippen molar-refractivity contribution in [3.8, 4) is 6.07 Å². The predicted molar refractivity (Wildman–Crippen MR) is 58.7 cm³/mol. The molecular formula is C12H13FN2. The molecule has 0 bridgehead atoms. The maximum absolute atomic E-state index is 13.3. The molecule has 0 radical (unpaired) electrons. The van der Waals surface area contributed by atoms with E-state index in [1.54, 1.807) is 18.2 Å². The lowest BCUT2D eigenvalue weighted by molar-refractivity contribution is 0.624. The lowest BCUT2D eigenvalue weighted by atomic mass is 10.1. The van der Waals surface area contributed by atoms with Gasteiger partial charge in [-0.25, -0.2) is 4.39 Å². The maximum Gasteiger partial charge on any atom is 0.131 e. The fraction of sp³-hybridized carbons (Fsp3) is 0.250. The van der Waals surface area contributed by atoms with E-state index in [9.17, 15) is 4.39 Å². The van der Waals surface area contributed by atoms with Crippen LogP contribution in [0.4, 0.5) is 4.39 Å². The molecule has 0 aliphatic heterocycles. The van der Waals surface area contributed by atoms with Crippen LogP contribution in [0, 0.1) is 17.1 Å². The van der Waals surface area contributed by atoms with Crippen LogP contribution in [0.3, 0.4) is 0 Å². The number of hydrogen-bond donors (Lipinski definition) is 1. The van der Waals surface area contributed by atoms with E-state index in [1.807, 2.05) is 19.2 Å². The van der Waals surface area contributed by atoms with Gasteiger partial charge in [0.1, 0.15) is 5.82 Å². The monoisotopic (exact) mass is 204 g/mol. The van der Waals surface area contributed by atoms with Gasteiger partial charge in [-0.15, -0.1) is 0 Å². The molecular weight excluding hydrogens is 191 g/mol. The van der Waals surface area contributed by atoms with Crippen molar-refractivity contribution in [2.24, 2.45) is 0 Å². The van der Waals surface area contributed by atoms with Crippen molar-refractivity contribution < 1.29 is 4.39 Å². The molecule has 15 heavy (non-hydrogen) atoms. The molecule has 1 aromatic carbocycles. The van der Waals surface area contributed by atoms with E-state index in [-0.39, 0.29) is 5.82 Å². The number of nitriles is 1. The van der Waals surface area contributed by atoms with Crippen molar-refractivity contribution in [2.75, 3.05) is 13.6 Å². The Labute approximate surface area is 89.0 Å². The molecule has 0 aliphatic carbocycles. The SMILES string of the molecule is CNCCC=Cc1ccc(C#N)cc1F. The Hall–Kier alpha value is -1.66. The van der Waals surface area contributed by atoms with Crippen molar-refractivity contribution >= 4 is 6.08 Å². The summed E-state index contributed by atoms with van der Waals surface area (Å²) in [5.74, 6) is -0.352. The Kier molecular flexibility index (Phi) is 4.52. The molecule has 0 amide bonds.